The monoisotopic (exact) mass is 360 g/mol. The summed E-state index contributed by atoms with van der Waals surface area (Å²) in [5.74, 6) is 0. The molecule has 130 valence electrons. The topological polar surface area (TPSA) is 69.6 Å². The summed E-state index contributed by atoms with van der Waals surface area (Å²) < 4.78 is 38.7. The number of hydrogen-bond donors (Lipinski definition) is 1. The third kappa shape index (κ3) is 2.97. The predicted molar refractivity (Wildman–Crippen MR) is 83.4 cm³/mol. The molecule has 0 aliphatic carbocycles. The van der Waals surface area contributed by atoms with Gasteiger partial charge in [-0.3, -0.25) is 4.90 Å². The molecule has 2 atom stereocenters. The van der Waals surface area contributed by atoms with Gasteiger partial charge in [0.05, 0.1) is 22.3 Å². The molecule has 10 heteroatoms. The summed E-state index contributed by atoms with van der Waals surface area (Å²) in [6.07, 6.45) is -4.64. The standard InChI is InChI=1S/C14H15F3N4O2S/c1-7-5-20(6-8(2)21(7)13(22)23)12-19-11-10(24-12)3-9(4-18-11)14(15,16)17/h3-4,7-8H,5-6H2,1-2H3,(H,22,23)/t7-,8-/m1/s1. The fourth-order valence-electron chi connectivity index (χ4n) is 2.95. The van der Waals surface area contributed by atoms with Crippen molar-refractivity contribution in [2.75, 3.05) is 18.0 Å². The third-order valence-electron chi connectivity index (χ3n) is 3.97. The smallest absolute Gasteiger partial charge is 0.417 e. The average molecular weight is 360 g/mol. The molecule has 1 N–H and O–H groups in total. The SMILES string of the molecule is C[C@@H]1CN(c2nc3ncc(C(F)(F)F)cc3s2)C[C@@H](C)N1C(=O)O. The lowest BCUT2D eigenvalue weighted by Crippen LogP contribution is -2.58. The molecular weight excluding hydrogens is 345 g/mol. The fraction of sp³-hybridized carbons (Fsp3) is 0.500. The van der Waals surface area contributed by atoms with E-state index in [1.807, 2.05) is 4.90 Å². The molecule has 0 radical (unpaired) electrons. The van der Waals surface area contributed by atoms with Crippen LogP contribution in [0.25, 0.3) is 10.3 Å². The zero-order chi connectivity index (χ0) is 17.6. The van der Waals surface area contributed by atoms with Gasteiger partial charge in [-0.1, -0.05) is 11.3 Å². The summed E-state index contributed by atoms with van der Waals surface area (Å²) in [5.41, 5.74) is -0.536. The lowest BCUT2D eigenvalue weighted by atomic mass is 10.1. The van der Waals surface area contributed by atoms with E-state index in [9.17, 15) is 23.1 Å². The van der Waals surface area contributed by atoms with E-state index in [1.165, 1.54) is 4.90 Å². The van der Waals surface area contributed by atoms with Gasteiger partial charge in [0.25, 0.3) is 0 Å². The van der Waals surface area contributed by atoms with Crippen LogP contribution in [0.5, 0.6) is 0 Å². The first-order valence-electron chi connectivity index (χ1n) is 7.27. The molecule has 0 spiro atoms. The highest BCUT2D eigenvalue weighted by atomic mass is 32.1. The van der Waals surface area contributed by atoms with Crippen LogP contribution < -0.4 is 4.90 Å². The van der Waals surface area contributed by atoms with Crippen LogP contribution in [-0.4, -0.2) is 51.2 Å². The van der Waals surface area contributed by atoms with Gasteiger partial charge in [0, 0.05) is 19.3 Å². The maximum Gasteiger partial charge on any atom is 0.417 e. The Labute approximate surface area is 139 Å². The van der Waals surface area contributed by atoms with Crippen LogP contribution in [0.4, 0.5) is 23.1 Å². The number of fused-ring (bicyclic) bond motifs is 1. The Morgan fingerprint density at radius 2 is 1.96 bits per heavy atom. The molecule has 2 aromatic heterocycles. The Morgan fingerprint density at radius 1 is 1.33 bits per heavy atom. The number of anilines is 1. The fourth-order valence-corrected chi connectivity index (χ4v) is 3.94. The zero-order valence-corrected chi connectivity index (χ0v) is 13.7. The van der Waals surface area contributed by atoms with Crippen molar-refractivity contribution in [1.82, 2.24) is 14.9 Å². The number of halogens is 3. The number of hydrogen-bond acceptors (Lipinski definition) is 5. The van der Waals surface area contributed by atoms with E-state index < -0.39 is 17.8 Å². The normalized spacial score (nSPS) is 22.2. The lowest BCUT2D eigenvalue weighted by Gasteiger charge is -2.42. The highest BCUT2D eigenvalue weighted by Gasteiger charge is 2.35. The van der Waals surface area contributed by atoms with Gasteiger partial charge in [-0.15, -0.1) is 0 Å². The lowest BCUT2D eigenvalue weighted by molar-refractivity contribution is -0.137. The van der Waals surface area contributed by atoms with E-state index in [2.05, 4.69) is 9.97 Å². The van der Waals surface area contributed by atoms with Crippen molar-refractivity contribution in [3.8, 4) is 0 Å². The second kappa shape index (κ2) is 5.76. The number of pyridine rings is 1. The van der Waals surface area contributed by atoms with Gasteiger partial charge in [-0.2, -0.15) is 18.2 Å². The minimum atomic E-state index is -4.44. The van der Waals surface area contributed by atoms with E-state index in [1.54, 1.807) is 13.8 Å². The zero-order valence-electron chi connectivity index (χ0n) is 12.9. The Balaban J connectivity index is 1.89. The van der Waals surface area contributed by atoms with Crippen molar-refractivity contribution < 1.29 is 23.1 Å². The van der Waals surface area contributed by atoms with E-state index in [0.717, 1.165) is 23.6 Å². The molecule has 3 heterocycles. The summed E-state index contributed by atoms with van der Waals surface area (Å²) in [6, 6.07) is 0.568. The van der Waals surface area contributed by atoms with Crippen LogP contribution in [0, 0.1) is 0 Å². The van der Waals surface area contributed by atoms with Crippen molar-refractivity contribution in [3.63, 3.8) is 0 Å². The molecule has 1 aliphatic rings. The van der Waals surface area contributed by atoms with Crippen molar-refractivity contribution >= 4 is 32.9 Å². The molecule has 1 fully saturated rings. The number of amides is 1. The van der Waals surface area contributed by atoms with Gasteiger partial charge < -0.3 is 10.0 Å². The van der Waals surface area contributed by atoms with Crippen LogP contribution in [0.15, 0.2) is 12.3 Å². The molecule has 0 aromatic carbocycles. The molecule has 6 nitrogen and oxygen atoms in total. The summed E-state index contributed by atoms with van der Waals surface area (Å²) in [5, 5.41) is 9.79. The summed E-state index contributed by atoms with van der Waals surface area (Å²) in [6.45, 7) is 4.46. The first-order chi connectivity index (χ1) is 11.2. The minimum Gasteiger partial charge on any atom is -0.465 e. The van der Waals surface area contributed by atoms with Crippen LogP contribution in [0.3, 0.4) is 0 Å². The summed E-state index contributed by atoms with van der Waals surface area (Å²) >= 11 is 1.13. The van der Waals surface area contributed by atoms with Gasteiger partial charge in [-0.05, 0) is 19.9 Å². The molecule has 1 aliphatic heterocycles. The van der Waals surface area contributed by atoms with Crippen molar-refractivity contribution in [2.45, 2.75) is 32.1 Å². The van der Waals surface area contributed by atoms with Gasteiger partial charge in [0.2, 0.25) is 0 Å². The summed E-state index contributed by atoms with van der Waals surface area (Å²) in [7, 11) is 0. The number of carbonyl (C=O) groups is 1. The molecule has 0 unspecified atom stereocenters. The maximum absolute atomic E-state index is 12.8. The second-order valence-electron chi connectivity index (χ2n) is 5.83. The molecule has 0 saturated carbocycles. The quantitative estimate of drug-likeness (QED) is 0.845. The highest BCUT2D eigenvalue weighted by molar-refractivity contribution is 7.22. The number of rotatable bonds is 1. The van der Waals surface area contributed by atoms with Gasteiger partial charge >= 0.3 is 12.3 Å². The van der Waals surface area contributed by atoms with Crippen LogP contribution in [0.1, 0.15) is 19.4 Å². The number of carboxylic acid groups (broad SMARTS) is 1. The second-order valence-corrected chi connectivity index (χ2v) is 6.84. The number of piperazine rings is 1. The highest BCUT2D eigenvalue weighted by Crippen LogP contribution is 2.35. The molecule has 3 rings (SSSR count). The number of aromatic nitrogens is 2. The van der Waals surface area contributed by atoms with Crippen LogP contribution in [-0.2, 0) is 6.18 Å². The Bertz CT molecular complexity index is 767. The molecule has 1 saturated heterocycles. The molecule has 24 heavy (non-hydrogen) atoms. The maximum atomic E-state index is 12.8. The average Bonchev–Trinajstić information content (AvgIpc) is 2.87. The predicted octanol–water partition coefficient (Wildman–Crippen LogP) is 3.29. The number of alkyl halides is 3. The van der Waals surface area contributed by atoms with Crippen molar-refractivity contribution in [2.24, 2.45) is 0 Å². The molecule has 2 aromatic rings. The van der Waals surface area contributed by atoms with E-state index in [4.69, 9.17) is 0 Å². The molecule has 0 bridgehead atoms. The summed E-state index contributed by atoms with van der Waals surface area (Å²) in [4.78, 5) is 22.6. The number of thiazole rings is 1. The minimum absolute atomic E-state index is 0.239. The van der Waals surface area contributed by atoms with Crippen LogP contribution >= 0.6 is 11.3 Å². The van der Waals surface area contributed by atoms with Crippen molar-refractivity contribution in [3.05, 3.63) is 17.8 Å². The van der Waals surface area contributed by atoms with Gasteiger partial charge in [-0.25, -0.2) is 9.78 Å². The molecule has 1 amide bonds. The van der Waals surface area contributed by atoms with E-state index in [-0.39, 0.29) is 17.7 Å². The molecular formula is C14H15F3N4O2S. The van der Waals surface area contributed by atoms with Crippen molar-refractivity contribution in [1.29, 1.82) is 0 Å². The van der Waals surface area contributed by atoms with E-state index in [0.29, 0.717) is 22.9 Å². The Hall–Kier alpha value is -2.10. The first-order valence-corrected chi connectivity index (χ1v) is 8.08. The Kier molecular flexibility index (Phi) is 4.02. The first kappa shape index (κ1) is 16.7. The number of nitrogens with zero attached hydrogens (tertiary/aromatic N) is 4. The van der Waals surface area contributed by atoms with Gasteiger partial charge in [0.1, 0.15) is 0 Å². The van der Waals surface area contributed by atoms with Gasteiger partial charge in [0.15, 0.2) is 10.8 Å². The van der Waals surface area contributed by atoms with E-state index >= 15 is 0 Å². The Morgan fingerprint density at radius 3 is 2.50 bits per heavy atom. The third-order valence-corrected chi connectivity index (χ3v) is 5.03. The van der Waals surface area contributed by atoms with Crippen LogP contribution in [0.2, 0.25) is 0 Å². The largest absolute Gasteiger partial charge is 0.465 e.